The minimum atomic E-state index is -0.301. The molecule has 1 aromatic carbocycles. The van der Waals surface area contributed by atoms with E-state index in [1.54, 1.807) is 11.6 Å². The first-order valence-electron chi connectivity index (χ1n) is 7.69. The van der Waals surface area contributed by atoms with Crippen molar-refractivity contribution in [2.45, 2.75) is 12.3 Å². The predicted octanol–water partition coefficient (Wildman–Crippen LogP) is 1.09. The fourth-order valence-corrected chi connectivity index (χ4v) is 3.16. The molecular weight excluding hydrogens is 294 g/mol. The lowest BCUT2D eigenvalue weighted by molar-refractivity contribution is 0.277. The molecule has 1 unspecified atom stereocenters. The summed E-state index contributed by atoms with van der Waals surface area (Å²) in [6, 6.07) is 9.56. The summed E-state index contributed by atoms with van der Waals surface area (Å²) in [6.07, 6.45) is 0.823. The molecule has 0 saturated heterocycles. The summed E-state index contributed by atoms with van der Waals surface area (Å²) in [5.41, 5.74) is 0.140. The molecule has 3 rings (SSSR count). The van der Waals surface area contributed by atoms with Crippen LogP contribution in [-0.4, -0.2) is 29.3 Å². The van der Waals surface area contributed by atoms with Crippen LogP contribution < -0.4 is 20.9 Å². The molecule has 0 fully saturated rings. The zero-order valence-electron chi connectivity index (χ0n) is 13.7. The summed E-state index contributed by atoms with van der Waals surface area (Å²) in [7, 11) is 5.14. The molecule has 6 heteroatoms. The topological polar surface area (TPSA) is 56.5 Å². The number of hydrogen-bond donors (Lipinski definition) is 0. The summed E-state index contributed by atoms with van der Waals surface area (Å²) in [5, 5.41) is 0. The van der Waals surface area contributed by atoms with Gasteiger partial charge in [-0.15, -0.1) is 0 Å². The number of nitrogens with zero attached hydrogens (tertiary/aromatic N) is 3. The van der Waals surface area contributed by atoms with Crippen molar-refractivity contribution in [3.8, 4) is 5.75 Å². The van der Waals surface area contributed by atoms with Crippen LogP contribution in [0.5, 0.6) is 5.75 Å². The monoisotopic (exact) mass is 315 g/mol. The second-order valence-electron chi connectivity index (χ2n) is 5.97. The van der Waals surface area contributed by atoms with E-state index in [1.807, 2.05) is 42.3 Å². The van der Waals surface area contributed by atoms with Crippen LogP contribution in [0.2, 0.25) is 0 Å². The van der Waals surface area contributed by atoms with Gasteiger partial charge in [-0.2, -0.15) is 0 Å². The Bertz CT molecular complexity index is 823. The summed E-state index contributed by atoms with van der Waals surface area (Å²) < 4.78 is 8.57. The number of aromatic nitrogens is 2. The van der Waals surface area contributed by atoms with Gasteiger partial charge in [0.2, 0.25) is 0 Å². The van der Waals surface area contributed by atoms with E-state index in [1.165, 1.54) is 11.6 Å². The van der Waals surface area contributed by atoms with Gasteiger partial charge >= 0.3 is 5.69 Å². The lowest BCUT2D eigenvalue weighted by Crippen LogP contribution is -2.46. The maximum Gasteiger partial charge on any atom is 0.332 e. The van der Waals surface area contributed by atoms with Gasteiger partial charge in [0.05, 0.1) is 12.2 Å². The van der Waals surface area contributed by atoms with E-state index >= 15 is 0 Å². The van der Waals surface area contributed by atoms with Gasteiger partial charge in [-0.25, -0.2) is 4.79 Å². The fourth-order valence-electron chi connectivity index (χ4n) is 3.16. The van der Waals surface area contributed by atoms with Gasteiger partial charge in [-0.05, 0) is 18.6 Å². The van der Waals surface area contributed by atoms with Crippen LogP contribution >= 0.6 is 0 Å². The first-order chi connectivity index (χ1) is 11.0. The first-order valence-corrected chi connectivity index (χ1v) is 7.69. The second-order valence-corrected chi connectivity index (χ2v) is 5.97. The molecule has 0 bridgehead atoms. The quantitative estimate of drug-likeness (QED) is 0.851. The highest BCUT2D eigenvalue weighted by Gasteiger charge is 2.30. The normalized spacial score (nSPS) is 17.0. The summed E-state index contributed by atoms with van der Waals surface area (Å²) >= 11 is 0. The lowest BCUT2D eigenvalue weighted by Gasteiger charge is -2.33. The SMILES string of the molecule is CN1CCC(COc2ccccc2)c2c1n(C)c(=O)n(C)c2=O. The molecule has 0 saturated carbocycles. The molecule has 1 aromatic heterocycles. The summed E-state index contributed by atoms with van der Waals surface area (Å²) in [4.78, 5) is 26.8. The average molecular weight is 315 g/mol. The predicted molar refractivity (Wildman–Crippen MR) is 89.5 cm³/mol. The van der Waals surface area contributed by atoms with E-state index < -0.39 is 0 Å². The van der Waals surface area contributed by atoms with Gasteiger partial charge in [-0.1, -0.05) is 18.2 Å². The Kier molecular flexibility index (Phi) is 3.98. The van der Waals surface area contributed by atoms with Crippen molar-refractivity contribution in [3.05, 3.63) is 56.7 Å². The number of para-hydroxylation sites is 1. The third-order valence-corrected chi connectivity index (χ3v) is 4.44. The van der Waals surface area contributed by atoms with Gasteiger partial charge in [0, 0.05) is 33.6 Å². The number of ether oxygens (including phenoxy) is 1. The Labute approximate surface area is 134 Å². The van der Waals surface area contributed by atoms with Crippen molar-refractivity contribution in [1.82, 2.24) is 9.13 Å². The second kappa shape index (κ2) is 5.95. The minimum Gasteiger partial charge on any atom is -0.493 e. The number of rotatable bonds is 3. The van der Waals surface area contributed by atoms with Crippen LogP contribution in [0.15, 0.2) is 39.9 Å². The largest absolute Gasteiger partial charge is 0.493 e. The maximum atomic E-state index is 12.6. The highest BCUT2D eigenvalue weighted by molar-refractivity contribution is 5.50. The lowest BCUT2D eigenvalue weighted by atomic mass is 9.93. The number of anilines is 1. The molecule has 0 radical (unpaired) electrons. The van der Waals surface area contributed by atoms with Gasteiger partial charge in [0.15, 0.2) is 0 Å². The third kappa shape index (κ3) is 2.65. The molecule has 2 heterocycles. The molecule has 1 aliphatic rings. The molecule has 122 valence electrons. The highest BCUT2D eigenvalue weighted by atomic mass is 16.5. The van der Waals surface area contributed by atoms with E-state index in [-0.39, 0.29) is 17.2 Å². The van der Waals surface area contributed by atoms with Gasteiger partial charge in [0.1, 0.15) is 11.6 Å². The van der Waals surface area contributed by atoms with Gasteiger partial charge in [0.25, 0.3) is 5.56 Å². The van der Waals surface area contributed by atoms with E-state index in [0.29, 0.717) is 18.0 Å². The van der Waals surface area contributed by atoms with E-state index in [4.69, 9.17) is 4.74 Å². The molecule has 2 aromatic rings. The Morgan fingerprint density at radius 1 is 1.09 bits per heavy atom. The van der Waals surface area contributed by atoms with Crippen LogP contribution in [0.1, 0.15) is 17.9 Å². The molecule has 23 heavy (non-hydrogen) atoms. The number of fused-ring (bicyclic) bond motifs is 1. The van der Waals surface area contributed by atoms with Crippen molar-refractivity contribution in [2.24, 2.45) is 14.1 Å². The molecule has 1 atom stereocenters. The van der Waals surface area contributed by atoms with Crippen LogP contribution in [0.25, 0.3) is 0 Å². The van der Waals surface area contributed by atoms with E-state index in [9.17, 15) is 9.59 Å². The molecular formula is C17H21N3O3. The van der Waals surface area contributed by atoms with Crippen molar-refractivity contribution in [2.75, 3.05) is 25.1 Å². The summed E-state index contributed by atoms with van der Waals surface area (Å²) in [5.74, 6) is 1.47. The van der Waals surface area contributed by atoms with Crippen molar-refractivity contribution in [1.29, 1.82) is 0 Å². The molecule has 1 aliphatic heterocycles. The molecule has 6 nitrogen and oxygen atoms in total. The van der Waals surface area contributed by atoms with Crippen LogP contribution in [0.4, 0.5) is 5.82 Å². The van der Waals surface area contributed by atoms with Crippen LogP contribution in [0.3, 0.4) is 0 Å². The molecule has 0 aliphatic carbocycles. The Hall–Kier alpha value is -2.50. The van der Waals surface area contributed by atoms with Crippen molar-refractivity contribution in [3.63, 3.8) is 0 Å². The Morgan fingerprint density at radius 2 is 1.78 bits per heavy atom. The van der Waals surface area contributed by atoms with E-state index in [0.717, 1.165) is 18.7 Å². The Balaban J connectivity index is 1.99. The standard InChI is InChI=1S/C17H21N3O3/c1-18-10-9-12(11-23-13-7-5-4-6-8-13)14-15(18)19(2)17(22)20(3)16(14)21/h4-8,12H,9-11H2,1-3H3. The zero-order valence-corrected chi connectivity index (χ0v) is 13.7. The minimum absolute atomic E-state index is 0.0214. The number of benzene rings is 1. The van der Waals surface area contributed by atoms with Crippen LogP contribution in [-0.2, 0) is 14.1 Å². The van der Waals surface area contributed by atoms with Crippen molar-refractivity contribution < 1.29 is 4.74 Å². The summed E-state index contributed by atoms with van der Waals surface area (Å²) in [6.45, 7) is 1.22. The van der Waals surface area contributed by atoms with Gasteiger partial charge < -0.3 is 9.64 Å². The fraction of sp³-hybridized carbons (Fsp3) is 0.412. The first kappa shape index (κ1) is 15.4. The Morgan fingerprint density at radius 3 is 2.48 bits per heavy atom. The highest BCUT2D eigenvalue weighted by Crippen LogP contribution is 2.31. The van der Waals surface area contributed by atoms with Crippen molar-refractivity contribution >= 4 is 5.82 Å². The third-order valence-electron chi connectivity index (χ3n) is 4.44. The number of hydrogen-bond acceptors (Lipinski definition) is 4. The average Bonchev–Trinajstić information content (AvgIpc) is 2.57. The smallest absolute Gasteiger partial charge is 0.332 e. The van der Waals surface area contributed by atoms with E-state index in [2.05, 4.69) is 0 Å². The maximum absolute atomic E-state index is 12.6. The molecule has 0 N–H and O–H groups in total. The van der Waals surface area contributed by atoms with Crippen LogP contribution in [0, 0.1) is 0 Å². The molecule has 0 amide bonds. The van der Waals surface area contributed by atoms with Gasteiger partial charge in [-0.3, -0.25) is 13.9 Å². The molecule has 0 spiro atoms. The zero-order chi connectivity index (χ0) is 16.6.